The molecule has 4 nitrogen and oxygen atoms in total. The Morgan fingerprint density at radius 2 is 1.62 bits per heavy atom. The van der Waals surface area contributed by atoms with Crippen LogP contribution in [-0.4, -0.2) is 35.7 Å². The Morgan fingerprint density at radius 3 is 2.26 bits per heavy atom. The number of ether oxygens (including phenoxy) is 1. The normalized spacial score (nSPS) is 49.1. The van der Waals surface area contributed by atoms with Gasteiger partial charge in [-0.15, -0.1) is 0 Å². The van der Waals surface area contributed by atoms with E-state index in [0.717, 1.165) is 44.1 Å². The van der Waals surface area contributed by atoms with Crippen LogP contribution in [0.15, 0.2) is 11.6 Å². The van der Waals surface area contributed by atoms with Gasteiger partial charge in [-0.3, -0.25) is 9.59 Å². The Bertz CT molecular complexity index is 1100. The average molecular weight is 553 g/mol. The van der Waals surface area contributed by atoms with E-state index in [1.165, 1.54) is 0 Å². The Labute approximate surface area is 231 Å². The molecule has 0 bridgehead atoms. The number of carbonyl (C=O) groups excluding carboxylic acids is 2. The second-order valence-electron chi connectivity index (χ2n) is 15.8. The van der Waals surface area contributed by atoms with Crippen molar-refractivity contribution in [1.29, 1.82) is 0 Å². The first-order valence-corrected chi connectivity index (χ1v) is 14.9. The molecule has 0 aromatic carbocycles. The molecule has 5 aliphatic rings. The summed E-state index contributed by atoms with van der Waals surface area (Å²) >= 11 is 0. The molecule has 0 aliphatic heterocycles. The lowest BCUT2D eigenvalue weighted by Crippen LogP contribution is -2.66. The topological polar surface area (TPSA) is 63.6 Å². The molecular weight excluding hydrogens is 505 g/mol. The van der Waals surface area contributed by atoms with Crippen LogP contribution in [0, 0.1) is 50.2 Å². The van der Waals surface area contributed by atoms with E-state index in [-0.39, 0.29) is 56.7 Å². The van der Waals surface area contributed by atoms with E-state index in [9.17, 15) is 27.9 Å². The number of aliphatic hydroxyl groups excluding tert-OH is 1. The van der Waals surface area contributed by atoms with Crippen LogP contribution in [0.1, 0.15) is 106 Å². The molecule has 5 aliphatic carbocycles. The molecule has 7 heteroatoms. The van der Waals surface area contributed by atoms with Crippen molar-refractivity contribution < 1.29 is 32.6 Å². The van der Waals surface area contributed by atoms with Crippen molar-refractivity contribution in [3.8, 4) is 0 Å². The van der Waals surface area contributed by atoms with Crippen molar-refractivity contribution in [3.63, 3.8) is 0 Å². The van der Waals surface area contributed by atoms with Gasteiger partial charge in [0.2, 0.25) is 0 Å². The van der Waals surface area contributed by atoms with Gasteiger partial charge >= 0.3 is 12.1 Å². The number of hydrogen-bond acceptors (Lipinski definition) is 4. The van der Waals surface area contributed by atoms with E-state index < -0.39 is 24.2 Å². The lowest BCUT2D eigenvalue weighted by molar-refractivity contribution is -0.205. The molecule has 0 spiro atoms. The molecule has 4 fully saturated rings. The van der Waals surface area contributed by atoms with Gasteiger partial charge in [0.25, 0.3) is 0 Å². The molecule has 4 saturated carbocycles. The monoisotopic (exact) mass is 552 g/mol. The maximum Gasteiger partial charge on any atom is 0.422 e. The molecular formula is C32H47F3O4. The second kappa shape index (κ2) is 8.58. The minimum Gasteiger partial charge on any atom is -0.456 e. The van der Waals surface area contributed by atoms with Gasteiger partial charge in [0.05, 0.1) is 11.5 Å². The van der Waals surface area contributed by atoms with Gasteiger partial charge in [-0.05, 0) is 110 Å². The summed E-state index contributed by atoms with van der Waals surface area (Å²) in [6, 6.07) is 0. The average Bonchev–Trinajstić information content (AvgIpc) is 2.82. The fraction of sp³-hybridized carbons (Fsp3) is 0.875. The molecule has 0 heterocycles. The second-order valence-corrected chi connectivity index (χ2v) is 15.8. The van der Waals surface area contributed by atoms with Gasteiger partial charge in [-0.2, -0.15) is 13.2 Å². The molecule has 0 unspecified atom stereocenters. The number of carbonyl (C=O) groups is 2. The number of hydrogen-bond donors (Lipinski definition) is 1. The molecule has 5 rings (SSSR count). The summed E-state index contributed by atoms with van der Waals surface area (Å²) in [6.45, 7) is 13.6. The van der Waals surface area contributed by atoms with Gasteiger partial charge in [-0.25, -0.2) is 0 Å². The summed E-state index contributed by atoms with van der Waals surface area (Å²) in [5, 5.41) is 10.9. The quantitative estimate of drug-likeness (QED) is 0.362. The minimum absolute atomic E-state index is 0.0506. The minimum atomic E-state index is -4.56. The largest absolute Gasteiger partial charge is 0.456 e. The fourth-order valence-corrected chi connectivity index (χ4v) is 10.7. The highest BCUT2D eigenvalue weighted by atomic mass is 19.4. The molecule has 0 radical (unpaired) electrons. The lowest BCUT2D eigenvalue weighted by Gasteiger charge is -2.70. The molecule has 0 aromatic rings. The zero-order valence-corrected chi connectivity index (χ0v) is 24.8. The van der Waals surface area contributed by atoms with Gasteiger partial charge in [0.15, 0.2) is 12.4 Å². The van der Waals surface area contributed by atoms with Gasteiger partial charge in [0, 0.05) is 5.92 Å². The number of ketones is 1. The number of rotatable bonds is 2. The van der Waals surface area contributed by atoms with Crippen molar-refractivity contribution in [2.24, 2.45) is 50.2 Å². The number of halogens is 3. The SMILES string of the molecule is CC1(C)[C@@H](O)CC[C@]2(C)[C@H]3C(=O)C=C4[C@H]5C[C@@](C)(C(=O)OCC(F)(F)F)CC[C@]5(C)CC[C@@]4(C)[C@]3(C)CC[C@@H]12. The first kappa shape index (κ1) is 29.1. The number of esters is 1. The van der Waals surface area contributed by atoms with E-state index >= 15 is 0 Å². The summed E-state index contributed by atoms with van der Waals surface area (Å²) in [7, 11) is 0. The van der Waals surface area contributed by atoms with Crippen LogP contribution in [0.5, 0.6) is 0 Å². The van der Waals surface area contributed by atoms with Crippen molar-refractivity contribution in [3.05, 3.63) is 11.6 Å². The summed E-state index contributed by atoms with van der Waals surface area (Å²) in [5.41, 5.74) is -0.957. The molecule has 9 atom stereocenters. The van der Waals surface area contributed by atoms with Crippen molar-refractivity contribution in [2.75, 3.05) is 6.61 Å². The molecule has 0 amide bonds. The summed E-state index contributed by atoms with van der Waals surface area (Å²) < 4.78 is 43.3. The summed E-state index contributed by atoms with van der Waals surface area (Å²) in [4.78, 5) is 27.3. The van der Waals surface area contributed by atoms with Crippen LogP contribution < -0.4 is 0 Å². The lowest BCUT2D eigenvalue weighted by atomic mass is 9.33. The Morgan fingerprint density at radius 1 is 0.974 bits per heavy atom. The van der Waals surface area contributed by atoms with Crippen molar-refractivity contribution in [1.82, 2.24) is 0 Å². The highest BCUT2D eigenvalue weighted by molar-refractivity contribution is 5.95. The first-order valence-electron chi connectivity index (χ1n) is 14.9. The van der Waals surface area contributed by atoms with Crippen LogP contribution in [0.3, 0.4) is 0 Å². The Kier molecular flexibility index (Phi) is 6.41. The first-order chi connectivity index (χ1) is 17.7. The van der Waals surface area contributed by atoms with Crippen molar-refractivity contribution >= 4 is 11.8 Å². The third kappa shape index (κ3) is 4.01. The summed E-state index contributed by atoms with van der Waals surface area (Å²) in [5.74, 6) is -0.548. The van der Waals surface area contributed by atoms with Crippen molar-refractivity contribution in [2.45, 2.75) is 119 Å². The van der Waals surface area contributed by atoms with E-state index in [2.05, 4.69) is 41.5 Å². The molecule has 0 aromatic heterocycles. The number of aliphatic hydroxyl groups is 1. The standard InChI is InChI=1S/C32H47F3O4/c1-26(2)22-8-11-31(7)24(29(22,5)10-9-23(26)37)21(36)16-19-20-17-28(4,25(38)39-18-32(33,34)35)13-12-27(20,3)14-15-30(19,31)6/h16,20,22-24,37H,8-15,17-18H2,1-7H3/t20-,22+,23+,24-,27-,28+,29+,30-,31-/m1/s1. The summed E-state index contributed by atoms with van der Waals surface area (Å²) in [6.07, 6.45) is 3.95. The number of allylic oxidation sites excluding steroid dienone is 2. The van der Waals surface area contributed by atoms with Crippen LogP contribution in [-0.2, 0) is 14.3 Å². The van der Waals surface area contributed by atoms with Crippen LogP contribution in [0.2, 0.25) is 0 Å². The van der Waals surface area contributed by atoms with Gasteiger partial charge < -0.3 is 9.84 Å². The van der Waals surface area contributed by atoms with E-state index in [4.69, 9.17) is 4.74 Å². The third-order valence-corrected chi connectivity index (χ3v) is 13.4. The van der Waals surface area contributed by atoms with E-state index in [1.807, 2.05) is 6.08 Å². The molecule has 1 N–H and O–H groups in total. The van der Waals surface area contributed by atoms with Gasteiger partial charge in [0.1, 0.15) is 0 Å². The molecule has 0 saturated heterocycles. The van der Waals surface area contributed by atoms with E-state index in [1.54, 1.807) is 6.92 Å². The van der Waals surface area contributed by atoms with Crippen LogP contribution >= 0.6 is 0 Å². The van der Waals surface area contributed by atoms with E-state index in [0.29, 0.717) is 19.3 Å². The Balaban J connectivity index is 1.53. The predicted octanol–water partition coefficient (Wildman–Crippen LogP) is 7.43. The number of fused-ring (bicyclic) bond motifs is 7. The third-order valence-electron chi connectivity index (χ3n) is 13.4. The smallest absolute Gasteiger partial charge is 0.422 e. The zero-order chi connectivity index (χ0) is 29.0. The van der Waals surface area contributed by atoms with Gasteiger partial charge in [-0.1, -0.05) is 47.1 Å². The highest BCUT2D eigenvalue weighted by Crippen LogP contribution is 2.75. The maximum atomic E-state index is 14.3. The number of alkyl halides is 3. The Hall–Kier alpha value is -1.37. The fourth-order valence-electron chi connectivity index (χ4n) is 10.7. The van der Waals surface area contributed by atoms with Crippen LogP contribution in [0.25, 0.3) is 0 Å². The predicted molar refractivity (Wildman–Crippen MR) is 142 cm³/mol. The molecule has 220 valence electrons. The van der Waals surface area contributed by atoms with Crippen LogP contribution in [0.4, 0.5) is 13.2 Å². The molecule has 39 heavy (non-hydrogen) atoms. The zero-order valence-electron chi connectivity index (χ0n) is 24.8. The maximum absolute atomic E-state index is 14.3. The highest BCUT2D eigenvalue weighted by Gasteiger charge is 2.70.